The number of benzene rings is 1. The van der Waals surface area contributed by atoms with Crippen LogP contribution in [-0.2, 0) is 10.8 Å². The molecular formula is C17H17N3O3S. The normalized spacial score (nSPS) is 12.1. The van der Waals surface area contributed by atoms with Gasteiger partial charge in [-0.15, -0.1) is 0 Å². The van der Waals surface area contributed by atoms with Crippen LogP contribution in [0, 0.1) is 6.92 Å². The zero-order valence-corrected chi connectivity index (χ0v) is 14.4. The smallest absolute Gasteiger partial charge is 0.180 e. The highest BCUT2D eigenvalue weighted by Gasteiger charge is 2.20. The van der Waals surface area contributed by atoms with Crippen molar-refractivity contribution in [2.45, 2.75) is 11.8 Å². The lowest BCUT2D eigenvalue weighted by molar-refractivity contribution is 0.195. The SMILES string of the molecule is COc1cc(S(C)=O)ccc1-c1nc(C)c(-c2cccnc2)n1O. The maximum Gasteiger partial charge on any atom is 0.180 e. The highest BCUT2D eigenvalue weighted by atomic mass is 32.2. The first kappa shape index (κ1) is 16.2. The molecule has 0 saturated heterocycles. The van der Waals surface area contributed by atoms with Crippen molar-refractivity contribution < 1.29 is 14.2 Å². The van der Waals surface area contributed by atoms with E-state index in [2.05, 4.69) is 9.97 Å². The Morgan fingerprint density at radius 2 is 2.08 bits per heavy atom. The van der Waals surface area contributed by atoms with E-state index < -0.39 is 10.8 Å². The van der Waals surface area contributed by atoms with Crippen molar-refractivity contribution in [3.8, 4) is 28.4 Å². The molecule has 1 aromatic carbocycles. The molecular weight excluding hydrogens is 326 g/mol. The van der Waals surface area contributed by atoms with Crippen LogP contribution in [0.1, 0.15) is 5.69 Å². The van der Waals surface area contributed by atoms with Crippen molar-refractivity contribution in [3.63, 3.8) is 0 Å². The third-order valence-electron chi connectivity index (χ3n) is 3.71. The van der Waals surface area contributed by atoms with Gasteiger partial charge in [0.25, 0.3) is 0 Å². The number of imidazole rings is 1. The molecule has 2 heterocycles. The molecule has 6 nitrogen and oxygen atoms in total. The number of methoxy groups -OCH3 is 1. The summed E-state index contributed by atoms with van der Waals surface area (Å²) < 4.78 is 18.1. The lowest BCUT2D eigenvalue weighted by Crippen LogP contribution is -2.00. The summed E-state index contributed by atoms with van der Waals surface area (Å²) in [6, 6.07) is 8.83. The number of aryl methyl sites for hydroxylation is 1. The number of pyridine rings is 1. The topological polar surface area (TPSA) is 77.2 Å². The van der Waals surface area contributed by atoms with E-state index in [0.29, 0.717) is 33.4 Å². The molecule has 0 fully saturated rings. The molecule has 0 aliphatic heterocycles. The second-order valence-corrected chi connectivity index (χ2v) is 6.62. The Morgan fingerprint density at radius 3 is 2.71 bits per heavy atom. The number of rotatable bonds is 4. The van der Waals surface area contributed by atoms with E-state index in [0.717, 1.165) is 10.3 Å². The van der Waals surface area contributed by atoms with Crippen LogP contribution >= 0.6 is 0 Å². The minimum atomic E-state index is -1.12. The lowest BCUT2D eigenvalue weighted by Gasteiger charge is -2.10. The zero-order chi connectivity index (χ0) is 17.3. The van der Waals surface area contributed by atoms with Gasteiger partial charge in [0.1, 0.15) is 11.4 Å². The van der Waals surface area contributed by atoms with Gasteiger partial charge in [0.05, 0.1) is 18.4 Å². The van der Waals surface area contributed by atoms with Crippen LogP contribution in [0.5, 0.6) is 5.75 Å². The van der Waals surface area contributed by atoms with Crippen molar-refractivity contribution in [2.24, 2.45) is 0 Å². The second-order valence-electron chi connectivity index (χ2n) is 5.24. The van der Waals surface area contributed by atoms with E-state index in [1.807, 2.05) is 13.0 Å². The molecule has 1 unspecified atom stereocenters. The second kappa shape index (κ2) is 6.45. The first-order chi connectivity index (χ1) is 11.5. The highest BCUT2D eigenvalue weighted by molar-refractivity contribution is 7.84. The third-order valence-corrected chi connectivity index (χ3v) is 4.63. The number of hydrogen-bond acceptors (Lipinski definition) is 5. The predicted octanol–water partition coefficient (Wildman–Crippen LogP) is 2.90. The maximum atomic E-state index is 11.6. The van der Waals surface area contributed by atoms with E-state index in [1.54, 1.807) is 42.9 Å². The Bertz CT molecular complexity index is 907. The van der Waals surface area contributed by atoms with Gasteiger partial charge in [-0.3, -0.25) is 9.19 Å². The molecule has 0 aliphatic rings. The predicted molar refractivity (Wildman–Crippen MR) is 91.7 cm³/mol. The molecule has 2 aromatic heterocycles. The summed E-state index contributed by atoms with van der Waals surface area (Å²) >= 11 is 0. The molecule has 0 bridgehead atoms. The minimum absolute atomic E-state index is 0.358. The molecule has 0 amide bonds. The summed E-state index contributed by atoms with van der Waals surface area (Å²) in [6.07, 6.45) is 4.94. The van der Waals surface area contributed by atoms with Crippen LogP contribution in [0.15, 0.2) is 47.6 Å². The molecule has 1 N–H and O–H groups in total. The highest BCUT2D eigenvalue weighted by Crippen LogP contribution is 2.34. The first-order valence-electron chi connectivity index (χ1n) is 7.23. The van der Waals surface area contributed by atoms with E-state index in [-0.39, 0.29) is 0 Å². The Labute approximate surface area is 142 Å². The molecule has 7 heteroatoms. The van der Waals surface area contributed by atoms with Crippen molar-refractivity contribution in [3.05, 3.63) is 48.4 Å². The monoisotopic (exact) mass is 343 g/mol. The van der Waals surface area contributed by atoms with Gasteiger partial charge in [0, 0.05) is 39.9 Å². The molecule has 0 saturated carbocycles. The Kier molecular flexibility index (Phi) is 4.35. The Balaban J connectivity index is 2.17. The average molecular weight is 343 g/mol. The number of nitrogens with zero attached hydrogens (tertiary/aromatic N) is 3. The van der Waals surface area contributed by atoms with Crippen LogP contribution in [0.4, 0.5) is 0 Å². The van der Waals surface area contributed by atoms with E-state index in [9.17, 15) is 9.42 Å². The molecule has 24 heavy (non-hydrogen) atoms. The fourth-order valence-corrected chi connectivity index (χ4v) is 3.09. The van der Waals surface area contributed by atoms with Crippen LogP contribution in [0.3, 0.4) is 0 Å². The summed E-state index contributed by atoms with van der Waals surface area (Å²) in [5.41, 5.74) is 2.63. The number of ether oxygens (including phenoxy) is 1. The van der Waals surface area contributed by atoms with Gasteiger partial charge in [-0.25, -0.2) is 4.98 Å². The summed E-state index contributed by atoms with van der Waals surface area (Å²) in [7, 11) is 0.411. The van der Waals surface area contributed by atoms with E-state index in [1.165, 1.54) is 7.11 Å². The largest absolute Gasteiger partial charge is 0.496 e. The molecule has 0 aliphatic carbocycles. The van der Waals surface area contributed by atoms with Crippen molar-refractivity contribution in [1.82, 2.24) is 14.7 Å². The fraction of sp³-hybridized carbons (Fsp3) is 0.176. The Hall–Kier alpha value is -2.67. The van der Waals surface area contributed by atoms with Crippen molar-refractivity contribution in [1.29, 1.82) is 0 Å². The van der Waals surface area contributed by atoms with Gasteiger partial charge in [-0.05, 0) is 37.3 Å². The summed E-state index contributed by atoms with van der Waals surface area (Å²) in [4.78, 5) is 9.20. The molecule has 0 radical (unpaired) electrons. The van der Waals surface area contributed by atoms with Crippen LogP contribution < -0.4 is 4.74 Å². The van der Waals surface area contributed by atoms with Crippen LogP contribution in [0.2, 0.25) is 0 Å². The minimum Gasteiger partial charge on any atom is -0.496 e. The average Bonchev–Trinajstić information content (AvgIpc) is 2.89. The van der Waals surface area contributed by atoms with Gasteiger partial charge in [0.15, 0.2) is 5.82 Å². The van der Waals surface area contributed by atoms with Crippen molar-refractivity contribution in [2.75, 3.05) is 13.4 Å². The van der Waals surface area contributed by atoms with Crippen molar-refractivity contribution >= 4 is 10.8 Å². The molecule has 124 valence electrons. The number of aromatic nitrogens is 3. The third kappa shape index (κ3) is 2.78. The summed E-state index contributed by atoms with van der Waals surface area (Å²) in [6.45, 7) is 1.82. The molecule has 0 spiro atoms. The number of hydrogen-bond donors (Lipinski definition) is 1. The quantitative estimate of drug-likeness (QED) is 0.737. The molecule has 1 atom stereocenters. The molecule has 3 rings (SSSR count). The van der Waals surface area contributed by atoms with Gasteiger partial charge in [-0.2, -0.15) is 4.73 Å². The fourth-order valence-electron chi connectivity index (χ4n) is 2.56. The lowest BCUT2D eigenvalue weighted by atomic mass is 10.2. The van der Waals surface area contributed by atoms with E-state index >= 15 is 0 Å². The summed E-state index contributed by atoms with van der Waals surface area (Å²) in [5.74, 6) is 0.859. The zero-order valence-electron chi connectivity index (χ0n) is 13.6. The van der Waals surface area contributed by atoms with Gasteiger partial charge >= 0.3 is 0 Å². The standard InChI is InChI=1S/C17H17N3O3S/c1-11-16(12-5-4-8-18-10-12)20(21)17(19-11)14-7-6-13(24(3)22)9-15(14)23-2/h4-10,21H,1-3H3. The van der Waals surface area contributed by atoms with E-state index in [4.69, 9.17) is 4.74 Å². The van der Waals surface area contributed by atoms with Crippen LogP contribution in [0.25, 0.3) is 22.6 Å². The Morgan fingerprint density at radius 1 is 1.29 bits per heavy atom. The first-order valence-corrected chi connectivity index (χ1v) is 8.79. The summed E-state index contributed by atoms with van der Waals surface area (Å²) in [5, 5.41) is 10.6. The van der Waals surface area contributed by atoms with Crippen LogP contribution in [-0.4, -0.2) is 37.5 Å². The molecule has 3 aromatic rings. The van der Waals surface area contributed by atoms with Gasteiger partial charge in [0.2, 0.25) is 0 Å². The van der Waals surface area contributed by atoms with Gasteiger partial charge in [-0.1, -0.05) is 0 Å². The van der Waals surface area contributed by atoms with Gasteiger partial charge < -0.3 is 9.94 Å². The maximum absolute atomic E-state index is 11.6.